The van der Waals surface area contributed by atoms with Crippen LogP contribution in [0.5, 0.6) is 0 Å². The smallest absolute Gasteiger partial charge is 0.359 e. The maximum Gasteiger partial charge on any atom is 0.359 e. The lowest BCUT2D eigenvalue weighted by atomic mass is 10.1. The number of benzene rings is 1. The van der Waals surface area contributed by atoms with E-state index in [0.717, 1.165) is 5.56 Å². The molecule has 0 fully saturated rings. The molecule has 1 unspecified atom stereocenters. The summed E-state index contributed by atoms with van der Waals surface area (Å²) >= 11 is 0. The van der Waals surface area contributed by atoms with Gasteiger partial charge in [-0.1, -0.05) is 36.4 Å². The zero-order valence-electron chi connectivity index (χ0n) is 13.0. The first-order valence-corrected chi connectivity index (χ1v) is 8.89. The number of aliphatic hydroxyl groups excluding tert-OH is 1. The van der Waals surface area contributed by atoms with Crippen LogP contribution in [0.4, 0.5) is 0 Å². The van der Waals surface area contributed by atoms with E-state index in [2.05, 4.69) is 0 Å². The second-order valence-corrected chi connectivity index (χ2v) is 6.61. The van der Waals surface area contributed by atoms with Gasteiger partial charge in [-0.15, -0.1) is 0 Å². The second kappa shape index (κ2) is 9.16. The summed E-state index contributed by atoms with van der Waals surface area (Å²) in [6, 6.07) is 9.89. The Morgan fingerprint density at radius 3 is 2.29 bits per heavy atom. The molecule has 1 aromatic rings. The predicted octanol–water partition coefficient (Wildman–Crippen LogP) is 4.15. The van der Waals surface area contributed by atoms with Gasteiger partial charge in [0.2, 0.25) is 0 Å². The highest BCUT2D eigenvalue weighted by atomic mass is 31.2. The third kappa shape index (κ3) is 5.40. The minimum Gasteiger partial charge on any atom is -0.388 e. The molecule has 1 aromatic carbocycles. The Balaban J connectivity index is 2.76. The van der Waals surface area contributed by atoms with Gasteiger partial charge in [0.15, 0.2) is 0 Å². The Labute approximate surface area is 127 Å². The van der Waals surface area contributed by atoms with E-state index in [1.165, 1.54) is 0 Å². The third-order valence-corrected chi connectivity index (χ3v) is 5.49. The predicted molar refractivity (Wildman–Crippen MR) is 85.4 cm³/mol. The third-order valence-electron chi connectivity index (χ3n) is 3.10. The number of hydrogen-bond acceptors (Lipinski definition) is 4. The van der Waals surface area contributed by atoms with Crippen LogP contribution in [-0.4, -0.2) is 24.4 Å². The Hall–Kier alpha value is -0.930. The van der Waals surface area contributed by atoms with Crippen LogP contribution < -0.4 is 0 Å². The number of rotatable bonds is 9. The highest BCUT2D eigenvalue weighted by Crippen LogP contribution is 2.57. The fraction of sp³-hybridized carbons (Fsp3) is 0.500. The maximum absolute atomic E-state index is 12.7. The van der Waals surface area contributed by atoms with Crippen LogP contribution >= 0.6 is 7.60 Å². The Morgan fingerprint density at radius 1 is 1.24 bits per heavy atom. The molecule has 0 amide bonds. The lowest BCUT2D eigenvalue weighted by Gasteiger charge is -2.23. The number of allylic oxidation sites excluding steroid dienone is 1. The highest BCUT2D eigenvalue weighted by Gasteiger charge is 2.33. The summed E-state index contributed by atoms with van der Waals surface area (Å²) in [6.07, 6.45) is 1.99. The van der Waals surface area contributed by atoms with Gasteiger partial charge in [-0.2, -0.15) is 0 Å². The molecular formula is C16H25O4P. The Kier molecular flexibility index (Phi) is 7.91. The van der Waals surface area contributed by atoms with E-state index < -0.39 is 13.7 Å². The first-order valence-electron chi connectivity index (χ1n) is 7.35. The van der Waals surface area contributed by atoms with Gasteiger partial charge in [-0.05, 0) is 39.2 Å². The van der Waals surface area contributed by atoms with Gasteiger partial charge < -0.3 is 14.2 Å². The van der Waals surface area contributed by atoms with Crippen LogP contribution in [0.25, 0.3) is 0 Å². The topological polar surface area (TPSA) is 55.8 Å². The van der Waals surface area contributed by atoms with Crippen LogP contribution in [-0.2, 0) is 20.0 Å². The monoisotopic (exact) mass is 312 g/mol. The molecule has 5 heteroatoms. The van der Waals surface area contributed by atoms with Crippen molar-refractivity contribution >= 4 is 7.60 Å². The fourth-order valence-electron chi connectivity index (χ4n) is 2.16. The van der Waals surface area contributed by atoms with Gasteiger partial charge in [0.25, 0.3) is 0 Å². The molecule has 1 rings (SSSR count). The lowest BCUT2D eigenvalue weighted by Crippen LogP contribution is -2.14. The largest absolute Gasteiger partial charge is 0.388 e. The fourth-order valence-corrected chi connectivity index (χ4v) is 4.02. The van der Waals surface area contributed by atoms with Gasteiger partial charge in [0.05, 0.1) is 24.6 Å². The molecule has 0 spiro atoms. The second-order valence-electron chi connectivity index (χ2n) is 4.59. The zero-order chi connectivity index (χ0) is 15.7. The lowest BCUT2D eigenvalue weighted by molar-refractivity contribution is 0.184. The van der Waals surface area contributed by atoms with Crippen molar-refractivity contribution in [2.75, 3.05) is 13.2 Å². The minimum atomic E-state index is -3.40. The normalized spacial score (nSPS) is 14.2. The van der Waals surface area contributed by atoms with E-state index in [4.69, 9.17) is 9.05 Å². The van der Waals surface area contributed by atoms with Crippen LogP contribution in [0.15, 0.2) is 41.7 Å². The van der Waals surface area contributed by atoms with Crippen LogP contribution in [0.2, 0.25) is 0 Å². The van der Waals surface area contributed by atoms with E-state index in [1.54, 1.807) is 26.8 Å². The van der Waals surface area contributed by atoms with Crippen molar-refractivity contribution < 1.29 is 18.7 Å². The molecule has 1 atom stereocenters. The SMILES string of the molecule is C/C=C(\C(O)CCc1ccccc1)P(=O)(OCC)OCC. The summed E-state index contributed by atoms with van der Waals surface area (Å²) in [4.78, 5) is 0. The summed E-state index contributed by atoms with van der Waals surface area (Å²) in [5, 5.41) is 10.7. The Bertz CT molecular complexity index is 474. The van der Waals surface area contributed by atoms with Crippen LogP contribution in [0.3, 0.4) is 0 Å². The van der Waals surface area contributed by atoms with E-state index >= 15 is 0 Å². The van der Waals surface area contributed by atoms with E-state index in [9.17, 15) is 9.67 Å². The first kappa shape index (κ1) is 18.1. The van der Waals surface area contributed by atoms with E-state index in [0.29, 0.717) is 18.2 Å². The maximum atomic E-state index is 12.7. The quantitative estimate of drug-likeness (QED) is 0.696. The average molecular weight is 312 g/mol. The number of aliphatic hydroxyl groups is 1. The van der Waals surface area contributed by atoms with Crippen molar-refractivity contribution in [3.63, 3.8) is 0 Å². The molecule has 0 bridgehead atoms. The van der Waals surface area contributed by atoms with Crippen molar-refractivity contribution in [2.24, 2.45) is 0 Å². The van der Waals surface area contributed by atoms with Crippen molar-refractivity contribution in [3.05, 3.63) is 47.3 Å². The van der Waals surface area contributed by atoms with Gasteiger partial charge in [0.1, 0.15) is 0 Å². The molecular weight excluding hydrogens is 287 g/mol. The molecule has 1 N–H and O–H groups in total. The molecule has 0 aliphatic rings. The van der Waals surface area contributed by atoms with Gasteiger partial charge in [-0.25, -0.2) is 0 Å². The van der Waals surface area contributed by atoms with Gasteiger partial charge in [-0.3, -0.25) is 4.57 Å². The molecule has 0 aliphatic carbocycles. The highest BCUT2D eigenvalue weighted by molar-refractivity contribution is 7.58. The first-order chi connectivity index (χ1) is 10.1. The molecule has 21 heavy (non-hydrogen) atoms. The Morgan fingerprint density at radius 2 is 1.81 bits per heavy atom. The van der Waals surface area contributed by atoms with Crippen LogP contribution in [0, 0.1) is 0 Å². The van der Waals surface area contributed by atoms with Crippen molar-refractivity contribution in [2.45, 2.75) is 39.7 Å². The summed E-state index contributed by atoms with van der Waals surface area (Å²) < 4.78 is 23.3. The average Bonchev–Trinajstić information content (AvgIpc) is 2.47. The van der Waals surface area contributed by atoms with Crippen LogP contribution in [0.1, 0.15) is 32.8 Å². The molecule has 0 saturated heterocycles. The molecule has 0 heterocycles. The molecule has 118 valence electrons. The molecule has 0 radical (unpaired) electrons. The van der Waals surface area contributed by atoms with Gasteiger partial charge in [0, 0.05) is 0 Å². The van der Waals surface area contributed by atoms with Crippen molar-refractivity contribution in [1.82, 2.24) is 0 Å². The number of hydrogen-bond donors (Lipinski definition) is 1. The summed E-state index contributed by atoms with van der Waals surface area (Å²) in [6.45, 7) is 5.82. The summed E-state index contributed by atoms with van der Waals surface area (Å²) in [7, 11) is -3.40. The van der Waals surface area contributed by atoms with E-state index in [1.807, 2.05) is 30.3 Å². The molecule has 0 saturated carbocycles. The molecule has 0 aromatic heterocycles. The van der Waals surface area contributed by atoms with Gasteiger partial charge >= 0.3 is 7.60 Å². The molecule has 4 nitrogen and oxygen atoms in total. The minimum absolute atomic E-state index is 0.278. The van der Waals surface area contributed by atoms with Crippen molar-refractivity contribution in [3.8, 4) is 0 Å². The summed E-state index contributed by atoms with van der Waals surface area (Å²) in [5.41, 5.74) is 1.13. The van der Waals surface area contributed by atoms with E-state index in [-0.39, 0.29) is 13.2 Å². The summed E-state index contributed by atoms with van der Waals surface area (Å²) in [5.74, 6) is 0. The van der Waals surface area contributed by atoms with Crippen molar-refractivity contribution in [1.29, 1.82) is 0 Å². The molecule has 0 aliphatic heterocycles. The zero-order valence-corrected chi connectivity index (χ0v) is 13.9. The number of aryl methyl sites for hydroxylation is 1. The standard InChI is InChI=1S/C16H25O4P/c1-4-16(21(18,19-5-2)20-6-3)15(17)13-12-14-10-8-7-9-11-14/h4,7-11,15,17H,5-6,12-13H2,1-3H3/b16-4+.